The standard InChI is InChI=1S/C22H23N7O/c1-13-9-18-19(10-14(13)2)29(21(23)20(28-18)22(24)30)8-7-25-11-15-12-26-16-5-3-4-6-17(16)27-15/h3-6,9-10,12,23,25H,7-8,11H2,1-2H3,(H2,24,30). The topological polar surface area (TPSA) is 123 Å². The summed E-state index contributed by atoms with van der Waals surface area (Å²) < 4.78 is 1.77. The van der Waals surface area contributed by atoms with Crippen LogP contribution >= 0.6 is 0 Å². The quantitative estimate of drug-likeness (QED) is 0.426. The van der Waals surface area contributed by atoms with Crippen molar-refractivity contribution in [2.75, 3.05) is 6.54 Å². The number of aromatic nitrogens is 4. The maximum atomic E-state index is 11.8. The van der Waals surface area contributed by atoms with Gasteiger partial charge in [0.2, 0.25) is 0 Å². The largest absolute Gasteiger partial charge is 0.364 e. The summed E-state index contributed by atoms with van der Waals surface area (Å²) in [5, 5.41) is 11.8. The fourth-order valence-electron chi connectivity index (χ4n) is 3.41. The summed E-state index contributed by atoms with van der Waals surface area (Å²) in [7, 11) is 0. The Morgan fingerprint density at radius 3 is 2.60 bits per heavy atom. The molecule has 152 valence electrons. The van der Waals surface area contributed by atoms with Crippen LogP contribution in [-0.2, 0) is 13.1 Å². The number of nitrogens with two attached hydrogens (primary N) is 1. The molecule has 0 fully saturated rings. The average Bonchev–Trinajstić information content (AvgIpc) is 2.73. The van der Waals surface area contributed by atoms with Crippen LogP contribution in [0.15, 0.2) is 42.6 Å². The molecule has 2 aromatic heterocycles. The Bertz CT molecular complexity index is 1330. The summed E-state index contributed by atoms with van der Waals surface area (Å²) in [5.74, 6) is -0.701. The zero-order chi connectivity index (χ0) is 21.3. The third-order valence-electron chi connectivity index (χ3n) is 5.16. The van der Waals surface area contributed by atoms with Gasteiger partial charge in [-0.2, -0.15) is 0 Å². The smallest absolute Gasteiger partial charge is 0.271 e. The molecule has 0 unspecified atom stereocenters. The SMILES string of the molecule is Cc1cc2nc(C(N)=O)c(=N)n(CCNCc3cnc4ccccc4n3)c2cc1C. The molecule has 2 aromatic carbocycles. The molecule has 0 atom stereocenters. The summed E-state index contributed by atoms with van der Waals surface area (Å²) in [5.41, 5.74) is 11.6. The minimum absolute atomic E-state index is 0.0190. The second kappa shape index (κ2) is 8.00. The fourth-order valence-corrected chi connectivity index (χ4v) is 3.41. The Labute approximate surface area is 173 Å². The number of primary amides is 1. The number of hydrogen-bond donors (Lipinski definition) is 3. The number of hydrogen-bond acceptors (Lipinski definition) is 6. The average molecular weight is 401 g/mol. The summed E-state index contributed by atoms with van der Waals surface area (Å²) >= 11 is 0. The van der Waals surface area contributed by atoms with Crippen molar-refractivity contribution in [2.45, 2.75) is 26.9 Å². The van der Waals surface area contributed by atoms with E-state index in [-0.39, 0.29) is 11.2 Å². The van der Waals surface area contributed by atoms with E-state index in [1.165, 1.54) is 0 Å². The number of nitrogens with zero attached hydrogens (tertiary/aromatic N) is 4. The van der Waals surface area contributed by atoms with Crippen LogP contribution in [0.1, 0.15) is 27.3 Å². The molecule has 0 bridgehead atoms. The van der Waals surface area contributed by atoms with Gasteiger partial charge in [-0.05, 0) is 49.2 Å². The van der Waals surface area contributed by atoms with Gasteiger partial charge < -0.3 is 15.6 Å². The van der Waals surface area contributed by atoms with Gasteiger partial charge in [0.1, 0.15) is 0 Å². The molecule has 30 heavy (non-hydrogen) atoms. The molecular weight excluding hydrogens is 378 g/mol. The molecule has 4 N–H and O–H groups in total. The molecule has 2 heterocycles. The van der Waals surface area contributed by atoms with Crippen LogP contribution in [0.25, 0.3) is 22.1 Å². The summed E-state index contributed by atoms with van der Waals surface area (Å²) in [6.07, 6.45) is 1.76. The highest BCUT2D eigenvalue weighted by molar-refractivity contribution is 5.92. The van der Waals surface area contributed by atoms with Crippen molar-refractivity contribution in [2.24, 2.45) is 5.73 Å². The van der Waals surface area contributed by atoms with E-state index in [0.29, 0.717) is 25.2 Å². The van der Waals surface area contributed by atoms with Crippen LogP contribution in [0, 0.1) is 19.3 Å². The van der Waals surface area contributed by atoms with Gasteiger partial charge >= 0.3 is 0 Å². The first-order valence-electron chi connectivity index (χ1n) is 9.71. The van der Waals surface area contributed by atoms with Crippen LogP contribution in [0.2, 0.25) is 0 Å². The van der Waals surface area contributed by atoms with E-state index in [4.69, 9.17) is 11.1 Å². The lowest BCUT2D eigenvalue weighted by Crippen LogP contribution is -2.34. The molecule has 0 aliphatic carbocycles. The number of carbonyl (C=O) groups is 1. The Morgan fingerprint density at radius 1 is 1.10 bits per heavy atom. The maximum Gasteiger partial charge on any atom is 0.271 e. The number of nitrogens with one attached hydrogen (secondary N) is 2. The predicted octanol–water partition coefficient (Wildman–Crippen LogP) is 1.96. The zero-order valence-corrected chi connectivity index (χ0v) is 16.9. The highest BCUT2D eigenvalue weighted by atomic mass is 16.1. The van der Waals surface area contributed by atoms with Gasteiger partial charge in [0.25, 0.3) is 5.91 Å². The maximum absolute atomic E-state index is 11.8. The Balaban J connectivity index is 1.56. The van der Waals surface area contributed by atoms with Crippen molar-refractivity contribution >= 4 is 28.0 Å². The van der Waals surface area contributed by atoms with Crippen molar-refractivity contribution in [3.8, 4) is 0 Å². The van der Waals surface area contributed by atoms with Crippen molar-refractivity contribution in [1.82, 2.24) is 24.8 Å². The van der Waals surface area contributed by atoms with E-state index in [1.54, 1.807) is 10.8 Å². The minimum atomic E-state index is -0.701. The lowest BCUT2D eigenvalue weighted by Gasteiger charge is -2.15. The molecule has 0 saturated heterocycles. The van der Waals surface area contributed by atoms with Crippen molar-refractivity contribution in [3.63, 3.8) is 0 Å². The van der Waals surface area contributed by atoms with E-state index in [2.05, 4.69) is 20.3 Å². The number of aryl methyl sites for hydroxylation is 2. The van der Waals surface area contributed by atoms with Gasteiger partial charge in [0.15, 0.2) is 11.2 Å². The normalized spacial score (nSPS) is 11.3. The van der Waals surface area contributed by atoms with Crippen LogP contribution in [0.5, 0.6) is 0 Å². The van der Waals surface area contributed by atoms with Crippen LogP contribution in [0.3, 0.4) is 0 Å². The van der Waals surface area contributed by atoms with Crippen LogP contribution < -0.4 is 16.5 Å². The first-order valence-corrected chi connectivity index (χ1v) is 9.71. The van der Waals surface area contributed by atoms with Gasteiger partial charge in [-0.3, -0.25) is 15.2 Å². The summed E-state index contributed by atoms with van der Waals surface area (Å²) in [6.45, 7) is 5.62. The summed E-state index contributed by atoms with van der Waals surface area (Å²) in [6, 6.07) is 11.7. The van der Waals surface area contributed by atoms with E-state index < -0.39 is 5.91 Å². The molecule has 4 aromatic rings. The Hall–Kier alpha value is -3.65. The fraction of sp³-hybridized carbons (Fsp3) is 0.227. The van der Waals surface area contributed by atoms with Gasteiger partial charge in [-0.1, -0.05) is 12.1 Å². The van der Waals surface area contributed by atoms with Crippen molar-refractivity contribution in [1.29, 1.82) is 5.41 Å². The monoisotopic (exact) mass is 401 g/mol. The second-order valence-electron chi connectivity index (χ2n) is 7.28. The highest BCUT2D eigenvalue weighted by Gasteiger charge is 2.13. The number of amides is 1. The van der Waals surface area contributed by atoms with E-state index in [1.807, 2.05) is 50.2 Å². The van der Waals surface area contributed by atoms with Crippen LogP contribution in [0.4, 0.5) is 0 Å². The van der Waals surface area contributed by atoms with Gasteiger partial charge in [-0.15, -0.1) is 0 Å². The van der Waals surface area contributed by atoms with Crippen molar-refractivity contribution < 1.29 is 4.79 Å². The summed E-state index contributed by atoms with van der Waals surface area (Å²) in [4.78, 5) is 25.1. The van der Waals surface area contributed by atoms with E-state index >= 15 is 0 Å². The molecule has 8 heteroatoms. The van der Waals surface area contributed by atoms with Crippen molar-refractivity contribution in [3.05, 3.63) is 70.6 Å². The highest BCUT2D eigenvalue weighted by Crippen LogP contribution is 2.17. The number of carbonyl (C=O) groups excluding carboxylic acids is 1. The molecular formula is C22H23N7O. The van der Waals surface area contributed by atoms with Gasteiger partial charge in [0.05, 0.1) is 34.0 Å². The number of rotatable bonds is 6. The molecule has 0 aliphatic heterocycles. The number of fused-ring (bicyclic) bond motifs is 2. The lowest BCUT2D eigenvalue weighted by atomic mass is 10.1. The lowest BCUT2D eigenvalue weighted by molar-refractivity contribution is 0.0993. The van der Waals surface area contributed by atoms with Gasteiger partial charge in [0, 0.05) is 19.6 Å². The van der Waals surface area contributed by atoms with E-state index in [9.17, 15) is 4.79 Å². The van der Waals surface area contributed by atoms with Gasteiger partial charge in [-0.25, -0.2) is 9.97 Å². The number of para-hydroxylation sites is 2. The minimum Gasteiger partial charge on any atom is -0.364 e. The molecule has 8 nitrogen and oxygen atoms in total. The van der Waals surface area contributed by atoms with E-state index in [0.717, 1.165) is 33.4 Å². The third-order valence-corrected chi connectivity index (χ3v) is 5.16. The molecule has 0 radical (unpaired) electrons. The Kier molecular flexibility index (Phi) is 5.24. The number of benzene rings is 2. The molecule has 4 rings (SSSR count). The second-order valence-corrected chi connectivity index (χ2v) is 7.28. The Morgan fingerprint density at radius 2 is 1.83 bits per heavy atom. The predicted molar refractivity (Wildman–Crippen MR) is 115 cm³/mol. The molecule has 0 spiro atoms. The molecule has 0 aliphatic rings. The molecule has 1 amide bonds. The third kappa shape index (κ3) is 3.77. The zero-order valence-electron chi connectivity index (χ0n) is 16.9. The first kappa shape index (κ1) is 19.7. The first-order chi connectivity index (χ1) is 14.4. The molecule has 0 saturated carbocycles. The van der Waals surface area contributed by atoms with Crippen LogP contribution in [-0.4, -0.2) is 32.0 Å².